The molecule has 0 fully saturated rings. The molecule has 0 atom stereocenters. The van der Waals surface area contributed by atoms with E-state index in [0.29, 0.717) is 0 Å². The van der Waals surface area contributed by atoms with Crippen LogP contribution in [0.4, 0.5) is 0 Å². The van der Waals surface area contributed by atoms with Crippen LogP contribution in [0.2, 0.25) is 0 Å². The third kappa shape index (κ3) is 1.64. The number of aldehydes is 1. The molecule has 43 valence electrons. The average molecular weight is 113 g/mol. The summed E-state index contributed by atoms with van der Waals surface area (Å²) in [6.45, 7) is 1.41. The highest BCUT2D eigenvalue weighted by Gasteiger charge is 2.07. The summed E-state index contributed by atoms with van der Waals surface area (Å²) in [4.78, 5) is 29.6. The Morgan fingerprint density at radius 1 is 1.25 bits per heavy atom. The highest BCUT2D eigenvalue weighted by molar-refractivity contribution is 6.59. The molecule has 0 aliphatic carbocycles. The number of ketones is 2. The molecule has 0 rings (SSSR count). The second kappa shape index (κ2) is 3.07. The Balaban J connectivity index is 3.82. The van der Waals surface area contributed by atoms with Gasteiger partial charge in [0.1, 0.15) is 0 Å². The molecule has 0 aromatic heterocycles. The van der Waals surface area contributed by atoms with Gasteiger partial charge >= 0.3 is 0 Å². The molecule has 0 amide bonds. The molecule has 0 aliphatic heterocycles. The molecule has 3 heteroatoms. The van der Waals surface area contributed by atoms with E-state index in [1.807, 2.05) is 0 Å². The summed E-state index contributed by atoms with van der Waals surface area (Å²) < 4.78 is 0. The van der Waals surface area contributed by atoms with Crippen LogP contribution in [0.5, 0.6) is 0 Å². The maximum atomic E-state index is 10.1. The molecular weight excluding hydrogens is 108 g/mol. The van der Waals surface area contributed by atoms with Gasteiger partial charge in [0.15, 0.2) is 6.29 Å². The number of carbonyl (C=O) groups is 3. The minimum atomic E-state index is -0.993. The third-order valence-corrected chi connectivity index (χ3v) is 0.612. The average Bonchev–Trinajstić information content (AvgIpc) is 1.84. The minimum absolute atomic E-state index is 0.00231. The van der Waals surface area contributed by atoms with E-state index in [0.717, 1.165) is 6.42 Å². The maximum absolute atomic E-state index is 10.1. The Morgan fingerprint density at radius 2 is 1.75 bits per heavy atom. The van der Waals surface area contributed by atoms with E-state index in [9.17, 15) is 14.4 Å². The van der Waals surface area contributed by atoms with Gasteiger partial charge in [-0.2, -0.15) is 0 Å². The summed E-state index contributed by atoms with van der Waals surface area (Å²) >= 11 is 0. The van der Waals surface area contributed by atoms with E-state index in [-0.39, 0.29) is 6.29 Å². The molecule has 1 radical (unpaired) electrons. The van der Waals surface area contributed by atoms with Crippen molar-refractivity contribution in [1.29, 1.82) is 0 Å². The highest BCUT2D eigenvalue weighted by Crippen LogP contribution is 1.76. The second-order valence-electron chi connectivity index (χ2n) is 1.14. The zero-order chi connectivity index (χ0) is 6.57. The molecule has 0 aromatic rings. The van der Waals surface area contributed by atoms with Crippen LogP contribution >= 0.6 is 0 Å². The van der Waals surface area contributed by atoms with E-state index in [4.69, 9.17) is 0 Å². The molecule has 0 aromatic carbocycles. The topological polar surface area (TPSA) is 51.2 Å². The summed E-state index contributed by atoms with van der Waals surface area (Å²) in [6, 6.07) is 0. The van der Waals surface area contributed by atoms with E-state index in [1.54, 1.807) is 0 Å². The predicted octanol–water partition coefficient (Wildman–Crippen LogP) is -0.452. The van der Waals surface area contributed by atoms with Gasteiger partial charge in [-0.25, -0.2) is 0 Å². The smallest absolute Gasteiger partial charge is 0.261 e. The molecule has 0 saturated heterocycles. The van der Waals surface area contributed by atoms with Crippen LogP contribution in [0.15, 0.2) is 0 Å². The number of carbonyl (C=O) groups excluding carboxylic acids is 3. The normalized spacial score (nSPS) is 8.12. The Hall–Kier alpha value is -0.990. The van der Waals surface area contributed by atoms with Crippen LogP contribution in [-0.4, -0.2) is 17.9 Å². The van der Waals surface area contributed by atoms with Crippen LogP contribution in [-0.2, 0) is 14.4 Å². The molecule has 0 heterocycles. The highest BCUT2D eigenvalue weighted by atomic mass is 16.2. The van der Waals surface area contributed by atoms with E-state index >= 15 is 0 Å². The quantitative estimate of drug-likeness (QED) is 0.283. The fourth-order valence-electron chi connectivity index (χ4n) is 0.200. The van der Waals surface area contributed by atoms with Crippen molar-refractivity contribution in [3.8, 4) is 0 Å². The van der Waals surface area contributed by atoms with Crippen LogP contribution in [0, 0.1) is 6.42 Å². The lowest BCUT2D eigenvalue weighted by Gasteiger charge is -1.80. The van der Waals surface area contributed by atoms with Crippen molar-refractivity contribution in [2.24, 2.45) is 0 Å². The van der Waals surface area contributed by atoms with Gasteiger partial charge in [-0.3, -0.25) is 14.4 Å². The van der Waals surface area contributed by atoms with Gasteiger partial charge in [0.25, 0.3) is 5.78 Å². The summed E-state index contributed by atoms with van der Waals surface area (Å²) in [5.74, 6) is -1.74. The Bertz CT molecular complexity index is 126. The van der Waals surface area contributed by atoms with E-state index < -0.39 is 11.6 Å². The first-order valence-corrected chi connectivity index (χ1v) is 2.05. The summed E-state index contributed by atoms with van der Waals surface area (Å²) in [7, 11) is 0. The van der Waals surface area contributed by atoms with Crippen LogP contribution < -0.4 is 0 Å². The zero-order valence-electron chi connectivity index (χ0n) is 4.38. The predicted molar refractivity (Wildman–Crippen MR) is 26.1 cm³/mol. The molecule has 0 bridgehead atoms. The van der Waals surface area contributed by atoms with Crippen LogP contribution in [0.1, 0.15) is 6.92 Å². The third-order valence-electron chi connectivity index (χ3n) is 0.612. The number of hydrogen-bond acceptors (Lipinski definition) is 3. The zero-order valence-corrected chi connectivity index (χ0v) is 4.38. The summed E-state index contributed by atoms with van der Waals surface area (Å²) in [5, 5.41) is 0. The second-order valence-corrected chi connectivity index (χ2v) is 1.14. The number of rotatable bonds is 3. The SMILES string of the molecule is C[CH]C(=O)C(=O)C=O. The fourth-order valence-corrected chi connectivity index (χ4v) is 0.200. The minimum Gasteiger partial charge on any atom is -0.294 e. The monoisotopic (exact) mass is 113 g/mol. The van der Waals surface area contributed by atoms with Crippen molar-refractivity contribution in [1.82, 2.24) is 0 Å². The van der Waals surface area contributed by atoms with Crippen LogP contribution in [0.3, 0.4) is 0 Å². The first-order valence-electron chi connectivity index (χ1n) is 2.05. The lowest BCUT2D eigenvalue weighted by molar-refractivity contribution is -0.138. The first kappa shape index (κ1) is 7.01. The maximum Gasteiger partial charge on any atom is 0.261 e. The first-order chi connectivity index (χ1) is 3.72. The lowest BCUT2D eigenvalue weighted by atomic mass is 10.2. The molecular formula is C5H5O3. The Morgan fingerprint density at radius 3 is 1.88 bits per heavy atom. The molecule has 0 N–H and O–H groups in total. The molecule has 3 nitrogen and oxygen atoms in total. The van der Waals surface area contributed by atoms with Gasteiger partial charge in [0, 0.05) is 6.42 Å². The summed E-state index contributed by atoms with van der Waals surface area (Å²) in [6.07, 6.45) is 1.05. The standard InChI is InChI=1S/C5H5O3/c1-2-4(7)5(8)3-6/h2-3H,1H3. The molecule has 0 saturated carbocycles. The molecule has 0 spiro atoms. The van der Waals surface area contributed by atoms with Crippen LogP contribution in [0.25, 0.3) is 0 Å². The Kier molecular flexibility index (Phi) is 2.69. The van der Waals surface area contributed by atoms with Crippen molar-refractivity contribution in [2.45, 2.75) is 6.92 Å². The van der Waals surface area contributed by atoms with Gasteiger partial charge in [-0.05, 0) is 0 Å². The number of hydrogen-bond donors (Lipinski definition) is 0. The van der Waals surface area contributed by atoms with Crippen molar-refractivity contribution < 1.29 is 14.4 Å². The molecule has 0 unspecified atom stereocenters. The van der Waals surface area contributed by atoms with Gasteiger partial charge in [-0.15, -0.1) is 0 Å². The molecule has 0 aliphatic rings. The lowest BCUT2D eigenvalue weighted by Crippen LogP contribution is -2.13. The van der Waals surface area contributed by atoms with Gasteiger partial charge in [0.05, 0.1) is 0 Å². The fraction of sp³-hybridized carbons (Fsp3) is 0.200. The summed E-state index contributed by atoms with van der Waals surface area (Å²) in [5.41, 5.74) is 0. The van der Waals surface area contributed by atoms with Crippen molar-refractivity contribution in [3.63, 3.8) is 0 Å². The van der Waals surface area contributed by atoms with Gasteiger partial charge in [-0.1, -0.05) is 6.92 Å². The molecule has 8 heavy (non-hydrogen) atoms. The van der Waals surface area contributed by atoms with Crippen molar-refractivity contribution in [3.05, 3.63) is 6.42 Å². The van der Waals surface area contributed by atoms with Crippen molar-refractivity contribution >= 4 is 17.9 Å². The van der Waals surface area contributed by atoms with Gasteiger partial charge in [0.2, 0.25) is 5.78 Å². The number of Topliss-reactive ketones (excluding diaryl/α,β-unsaturated/α-hetero) is 2. The van der Waals surface area contributed by atoms with Gasteiger partial charge < -0.3 is 0 Å². The van der Waals surface area contributed by atoms with E-state index in [2.05, 4.69) is 0 Å². The Labute approximate surface area is 46.7 Å². The largest absolute Gasteiger partial charge is 0.294 e. The van der Waals surface area contributed by atoms with E-state index in [1.165, 1.54) is 6.92 Å². The van der Waals surface area contributed by atoms with Crippen molar-refractivity contribution in [2.75, 3.05) is 0 Å².